The van der Waals surface area contributed by atoms with Gasteiger partial charge in [-0.25, -0.2) is 0 Å². The van der Waals surface area contributed by atoms with Gasteiger partial charge in [-0.3, -0.25) is 4.90 Å². The molecule has 132 valence electrons. The number of β-amino-alcohol motifs (C(OH)–C–C–N with tert-alkyl or cyclic N) is 1. The van der Waals surface area contributed by atoms with Crippen LogP contribution in [0, 0.1) is 11.8 Å². The molecule has 0 aromatic heterocycles. The number of hydrogen-bond acceptors (Lipinski definition) is 4. The van der Waals surface area contributed by atoms with E-state index in [1.54, 1.807) is 0 Å². The average Bonchev–Trinajstić information content (AvgIpc) is 2.38. The topological polar surface area (TPSA) is 41.9 Å². The lowest BCUT2D eigenvalue weighted by molar-refractivity contribution is -0.0931. The number of nitrogens with zero attached hydrogens (tertiary/aromatic N) is 1. The van der Waals surface area contributed by atoms with Crippen molar-refractivity contribution >= 4 is 0 Å². The minimum Gasteiger partial charge on any atom is -0.389 e. The molecule has 0 amide bonds. The van der Waals surface area contributed by atoms with Crippen LogP contribution in [-0.4, -0.2) is 60.7 Å². The largest absolute Gasteiger partial charge is 0.389 e. The molecule has 0 radical (unpaired) electrons. The van der Waals surface area contributed by atoms with Crippen LogP contribution in [0.5, 0.6) is 0 Å². The van der Waals surface area contributed by atoms with Crippen LogP contribution in [0.4, 0.5) is 0 Å². The standard InChI is InChI=1S/C17H33NO3.CH4/c1-12-5-6-13(2)17(7-12)20-11-16(19)10-18-8-14(3)21-15(4)9-18;/h12-17,19H,5-11H2,1-4H3;1H4. The molecular weight excluding hydrogens is 278 g/mol. The van der Waals surface area contributed by atoms with Gasteiger partial charge in [-0.2, -0.15) is 0 Å². The van der Waals surface area contributed by atoms with Crippen LogP contribution in [0.15, 0.2) is 0 Å². The van der Waals surface area contributed by atoms with Gasteiger partial charge in [0, 0.05) is 19.6 Å². The number of ether oxygens (including phenoxy) is 2. The lowest BCUT2D eigenvalue weighted by atomic mass is 9.82. The Morgan fingerprint density at radius 1 is 1.14 bits per heavy atom. The SMILES string of the molecule is C.CC1CCC(C)C(OCC(O)CN2CC(C)OC(C)C2)C1. The number of morpholine rings is 1. The van der Waals surface area contributed by atoms with E-state index in [9.17, 15) is 5.11 Å². The maximum atomic E-state index is 10.2. The maximum absolute atomic E-state index is 10.2. The van der Waals surface area contributed by atoms with Gasteiger partial charge in [0.25, 0.3) is 0 Å². The van der Waals surface area contributed by atoms with Crippen molar-refractivity contribution < 1.29 is 14.6 Å². The first-order valence-electron chi connectivity index (χ1n) is 8.61. The summed E-state index contributed by atoms with van der Waals surface area (Å²) in [7, 11) is 0. The zero-order valence-electron chi connectivity index (χ0n) is 14.1. The van der Waals surface area contributed by atoms with E-state index in [1.807, 2.05) is 0 Å². The van der Waals surface area contributed by atoms with E-state index in [0.717, 1.165) is 25.4 Å². The number of aliphatic hydroxyl groups excluding tert-OH is 1. The highest BCUT2D eigenvalue weighted by Gasteiger charge is 2.28. The first-order valence-corrected chi connectivity index (χ1v) is 8.61. The molecule has 0 spiro atoms. The molecule has 0 bridgehead atoms. The van der Waals surface area contributed by atoms with E-state index in [0.29, 0.717) is 25.2 Å². The van der Waals surface area contributed by atoms with Crippen LogP contribution in [0.2, 0.25) is 0 Å². The monoisotopic (exact) mass is 315 g/mol. The Kier molecular flexibility index (Phi) is 8.33. The first kappa shape index (κ1) is 19.9. The lowest BCUT2D eigenvalue weighted by Crippen LogP contribution is -2.48. The predicted molar refractivity (Wildman–Crippen MR) is 91.1 cm³/mol. The third-order valence-electron chi connectivity index (χ3n) is 4.85. The van der Waals surface area contributed by atoms with Gasteiger partial charge in [0.05, 0.1) is 31.0 Å². The summed E-state index contributed by atoms with van der Waals surface area (Å²) in [6.07, 6.45) is 4.13. The molecule has 6 atom stereocenters. The van der Waals surface area contributed by atoms with E-state index in [-0.39, 0.29) is 19.6 Å². The quantitative estimate of drug-likeness (QED) is 0.847. The Balaban J connectivity index is 0.00000242. The average molecular weight is 315 g/mol. The molecule has 2 aliphatic rings. The van der Waals surface area contributed by atoms with Crippen LogP contribution < -0.4 is 0 Å². The Labute approximate surface area is 137 Å². The number of rotatable bonds is 5. The zero-order chi connectivity index (χ0) is 15.4. The zero-order valence-corrected chi connectivity index (χ0v) is 14.1. The van der Waals surface area contributed by atoms with Crippen LogP contribution in [0.25, 0.3) is 0 Å². The highest BCUT2D eigenvalue weighted by Crippen LogP contribution is 2.30. The molecule has 4 nitrogen and oxygen atoms in total. The molecule has 1 aliphatic carbocycles. The molecule has 1 saturated carbocycles. The summed E-state index contributed by atoms with van der Waals surface area (Å²) in [4.78, 5) is 2.29. The van der Waals surface area contributed by atoms with Gasteiger partial charge < -0.3 is 14.6 Å². The molecule has 2 fully saturated rings. The van der Waals surface area contributed by atoms with Gasteiger partial charge in [-0.15, -0.1) is 0 Å². The second kappa shape index (κ2) is 9.21. The summed E-state index contributed by atoms with van der Waals surface area (Å²) in [6.45, 7) is 11.7. The molecule has 0 aromatic carbocycles. The Hall–Kier alpha value is -0.160. The second-order valence-electron chi connectivity index (χ2n) is 7.40. The van der Waals surface area contributed by atoms with Crippen molar-refractivity contribution in [1.29, 1.82) is 0 Å². The molecule has 6 unspecified atom stereocenters. The minimum absolute atomic E-state index is 0. The molecule has 1 heterocycles. The lowest BCUT2D eigenvalue weighted by Gasteiger charge is -2.37. The van der Waals surface area contributed by atoms with Crippen LogP contribution in [-0.2, 0) is 9.47 Å². The highest BCUT2D eigenvalue weighted by atomic mass is 16.5. The van der Waals surface area contributed by atoms with Crippen molar-refractivity contribution in [2.24, 2.45) is 11.8 Å². The number of aliphatic hydroxyl groups is 1. The van der Waals surface area contributed by atoms with E-state index in [4.69, 9.17) is 9.47 Å². The normalized spacial score (nSPS) is 38.3. The van der Waals surface area contributed by atoms with Crippen molar-refractivity contribution in [3.63, 3.8) is 0 Å². The second-order valence-corrected chi connectivity index (χ2v) is 7.40. The fourth-order valence-corrected chi connectivity index (χ4v) is 3.73. The number of hydrogen-bond donors (Lipinski definition) is 1. The highest BCUT2D eigenvalue weighted by molar-refractivity contribution is 4.78. The molecule has 1 aliphatic heterocycles. The van der Waals surface area contributed by atoms with Gasteiger partial charge in [-0.1, -0.05) is 27.7 Å². The predicted octanol–water partition coefficient (Wildman–Crippen LogP) is 2.93. The third-order valence-corrected chi connectivity index (χ3v) is 4.85. The summed E-state index contributed by atoms with van der Waals surface area (Å²) in [5.74, 6) is 1.38. The van der Waals surface area contributed by atoms with Crippen molar-refractivity contribution in [2.75, 3.05) is 26.2 Å². The fraction of sp³-hybridized carbons (Fsp3) is 1.00. The van der Waals surface area contributed by atoms with Crippen molar-refractivity contribution in [3.05, 3.63) is 0 Å². The molecule has 22 heavy (non-hydrogen) atoms. The summed E-state index contributed by atoms with van der Waals surface area (Å²) in [5, 5.41) is 10.2. The molecule has 4 heteroatoms. The van der Waals surface area contributed by atoms with Crippen LogP contribution >= 0.6 is 0 Å². The molecule has 1 saturated heterocycles. The third kappa shape index (κ3) is 6.15. The Morgan fingerprint density at radius 3 is 2.41 bits per heavy atom. The summed E-state index contributed by atoms with van der Waals surface area (Å²) >= 11 is 0. The van der Waals surface area contributed by atoms with E-state index in [1.165, 1.54) is 12.8 Å². The Bertz CT molecular complexity index is 303. The smallest absolute Gasteiger partial charge is 0.0900 e. The Morgan fingerprint density at radius 2 is 1.77 bits per heavy atom. The van der Waals surface area contributed by atoms with E-state index >= 15 is 0 Å². The van der Waals surface area contributed by atoms with Gasteiger partial charge in [0.15, 0.2) is 0 Å². The van der Waals surface area contributed by atoms with E-state index < -0.39 is 6.10 Å². The van der Waals surface area contributed by atoms with Crippen molar-refractivity contribution in [2.45, 2.75) is 78.8 Å². The molecule has 2 rings (SSSR count). The first-order chi connectivity index (χ1) is 9.94. The van der Waals surface area contributed by atoms with Crippen LogP contribution in [0.1, 0.15) is 54.4 Å². The summed E-state index contributed by atoms with van der Waals surface area (Å²) < 4.78 is 11.7. The summed E-state index contributed by atoms with van der Waals surface area (Å²) in [6, 6.07) is 0. The van der Waals surface area contributed by atoms with Gasteiger partial charge >= 0.3 is 0 Å². The molecule has 0 aromatic rings. The maximum Gasteiger partial charge on any atom is 0.0900 e. The van der Waals surface area contributed by atoms with Gasteiger partial charge in [0.1, 0.15) is 0 Å². The fourth-order valence-electron chi connectivity index (χ4n) is 3.73. The van der Waals surface area contributed by atoms with Gasteiger partial charge in [-0.05, 0) is 38.5 Å². The molecular formula is C18H37NO3. The van der Waals surface area contributed by atoms with Crippen LogP contribution in [0.3, 0.4) is 0 Å². The van der Waals surface area contributed by atoms with Gasteiger partial charge in [0.2, 0.25) is 0 Å². The van der Waals surface area contributed by atoms with Crippen molar-refractivity contribution in [1.82, 2.24) is 4.90 Å². The molecule has 1 N–H and O–H groups in total. The summed E-state index contributed by atoms with van der Waals surface area (Å²) in [5.41, 5.74) is 0. The minimum atomic E-state index is -0.396. The van der Waals surface area contributed by atoms with Crippen molar-refractivity contribution in [3.8, 4) is 0 Å². The van der Waals surface area contributed by atoms with E-state index in [2.05, 4.69) is 32.6 Å².